The van der Waals surface area contributed by atoms with E-state index in [-0.39, 0.29) is 6.61 Å². The Labute approximate surface area is 133 Å². The summed E-state index contributed by atoms with van der Waals surface area (Å²) in [6.45, 7) is 14.0. The second-order valence-electron chi connectivity index (χ2n) is 7.10. The molecule has 22 heavy (non-hydrogen) atoms. The summed E-state index contributed by atoms with van der Waals surface area (Å²) in [6.07, 6.45) is 0. The van der Waals surface area contributed by atoms with Gasteiger partial charge in [0, 0.05) is 0 Å². The zero-order chi connectivity index (χ0) is 16.5. The van der Waals surface area contributed by atoms with Gasteiger partial charge in [0.1, 0.15) is 0 Å². The Hall–Kier alpha value is -1.64. The summed E-state index contributed by atoms with van der Waals surface area (Å²) in [6, 6.07) is 12.5. The monoisotopic (exact) mass is 298 g/mol. The first kappa shape index (κ1) is 16.7. The molecule has 2 heteroatoms. The summed E-state index contributed by atoms with van der Waals surface area (Å²) in [5.74, 6) is 0. The van der Waals surface area contributed by atoms with Gasteiger partial charge in [0.05, 0.1) is 17.8 Å². The van der Waals surface area contributed by atoms with Crippen molar-refractivity contribution in [2.24, 2.45) is 0 Å². The van der Waals surface area contributed by atoms with Crippen LogP contribution in [0.15, 0.2) is 43.0 Å². The van der Waals surface area contributed by atoms with Crippen LogP contribution in [0.5, 0.6) is 0 Å². The van der Waals surface area contributed by atoms with Crippen molar-refractivity contribution in [3.63, 3.8) is 0 Å². The highest BCUT2D eigenvalue weighted by Gasteiger charge is 2.26. The number of hydrogen-bond acceptors (Lipinski definition) is 2. The fourth-order valence-corrected chi connectivity index (χ4v) is 2.64. The zero-order valence-electron chi connectivity index (χ0n) is 14.2. The van der Waals surface area contributed by atoms with E-state index < -0.39 is 11.2 Å². The first-order valence-electron chi connectivity index (χ1n) is 7.66. The van der Waals surface area contributed by atoms with Crippen LogP contribution in [0.3, 0.4) is 0 Å². The molecule has 2 rings (SSSR count). The maximum Gasteiger partial charge on any atom is 0.0882 e. The molecule has 0 heterocycles. The second kappa shape index (κ2) is 5.86. The molecule has 0 radical (unpaired) electrons. The van der Waals surface area contributed by atoms with Crippen molar-refractivity contribution in [2.45, 2.75) is 45.8 Å². The van der Waals surface area contributed by atoms with Gasteiger partial charge in [0.2, 0.25) is 0 Å². The SMILES string of the molecule is C=C(C)c1cccc2c(C(C)(C)OCC(C)(C)O)cccc12. The second-order valence-corrected chi connectivity index (χ2v) is 7.10. The fourth-order valence-electron chi connectivity index (χ4n) is 2.64. The molecule has 0 saturated carbocycles. The lowest BCUT2D eigenvalue weighted by molar-refractivity contribution is -0.0938. The van der Waals surface area contributed by atoms with E-state index in [0.717, 1.165) is 16.7 Å². The number of ether oxygens (including phenoxy) is 1. The topological polar surface area (TPSA) is 29.5 Å². The molecule has 0 aliphatic rings. The highest BCUT2D eigenvalue weighted by atomic mass is 16.5. The molecule has 0 aromatic heterocycles. The van der Waals surface area contributed by atoms with Gasteiger partial charge in [-0.05, 0) is 56.5 Å². The Balaban J connectivity index is 2.52. The third-order valence-corrected chi connectivity index (χ3v) is 3.82. The van der Waals surface area contributed by atoms with Crippen molar-refractivity contribution in [3.05, 3.63) is 54.1 Å². The molecule has 0 spiro atoms. The van der Waals surface area contributed by atoms with Crippen molar-refractivity contribution >= 4 is 16.3 Å². The summed E-state index contributed by atoms with van der Waals surface area (Å²) < 4.78 is 6.02. The van der Waals surface area contributed by atoms with Gasteiger partial charge in [-0.3, -0.25) is 0 Å². The summed E-state index contributed by atoms with van der Waals surface area (Å²) in [5.41, 5.74) is 2.02. The van der Waals surface area contributed by atoms with Crippen LogP contribution in [0.1, 0.15) is 45.7 Å². The molecular formula is C20H26O2. The summed E-state index contributed by atoms with van der Waals surface area (Å²) in [4.78, 5) is 0. The van der Waals surface area contributed by atoms with Crippen LogP contribution in [0.2, 0.25) is 0 Å². The maximum absolute atomic E-state index is 9.92. The first-order chi connectivity index (χ1) is 10.1. The van der Waals surface area contributed by atoms with E-state index in [1.807, 2.05) is 20.8 Å². The van der Waals surface area contributed by atoms with Crippen LogP contribution in [0.25, 0.3) is 16.3 Å². The number of allylic oxidation sites excluding steroid dienone is 1. The van der Waals surface area contributed by atoms with E-state index in [0.29, 0.717) is 0 Å². The van der Waals surface area contributed by atoms with Gasteiger partial charge < -0.3 is 9.84 Å². The van der Waals surface area contributed by atoms with Gasteiger partial charge in [-0.2, -0.15) is 0 Å². The number of rotatable bonds is 5. The number of hydrogen-bond donors (Lipinski definition) is 1. The Morgan fingerprint density at radius 1 is 1.05 bits per heavy atom. The van der Waals surface area contributed by atoms with E-state index in [9.17, 15) is 5.11 Å². The minimum Gasteiger partial charge on any atom is -0.388 e. The van der Waals surface area contributed by atoms with Crippen LogP contribution in [-0.4, -0.2) is 17.3 Å². The maximum atomic E-state index is 9.92. The van der Waals surface area contributed by atoms with Gasteiger partial charge in [-0.1, -0.05) is 48.6 Å². The molecule has 0 saturated heterocycles. The normalized spacial score (nSPS) is 12.6. The molecule has 2 aromatic rings. The zero-order valence-corrected chi connectivity index (χ0v) is 14.2. The average molecular weight is 298 g/mol. The standard InChI is InChI=1S/C20H26O2/c1-14(2)15-9-7-11-17-16(15)10-8-12-18(17)20(5,6)22-13-19(3,4)21/h7-12,21H,1,13H2,2-6H3. The smallest absolute Gasteiger partial charge is 0.0882 e. The number of fused-ring (bicyclic) bond motifs is 1. The molecular weight excluding hydrogens is 272 g/mol. The Kier molecular flexibility index (Phi) is 4.46. The Morgan fingerprint density at radius 3 is 2.23 bits per heavy atom. The summed E-state index contributed by atoms with van der Waals surface area (Å²) in [5, 5.41) is 12.3. The molecule has 2 aromatic carbocycles. The summed E-state index contributed by atoms with van der Waals surface area (Å²) >= 11 is 0. The third kappa shape index (κ3) is 3.57. The molecule has 2 nitrogen and oxygen atoms in total. The third-order valence-electron chi connectivity index (χ3n) is 3.82. The molecule has 0 fully saturated rings. The highest BCUT2D eigenvalue weighted by molar-refractivity contribution is 5.95. The lowest BCUT2D eigenvalue weighted by atomic mass is 9.89. The average Bonchev–Trinajstić information content (AvgIpc) is 2.43. The molecule has 0 bridgehead atoms. The quantitative estimate of drug-likeness (QED) is 0.851. The van der Waals surface area contributed by atoms with E-state index in [1.165, 1.54) is 10.8 Å². The van der Waals surface area contributed by atoms with Crippen LogP contribution < -0.4 is 0 Å². The van der Waals surface area contributed by atoms with Gasteiger partial charge in [-0.25, -0.2) is 0 Å². The summed E-state index contributed by atoms with van der Waals surface area (Å²) in [7, 11) is 0. The van der Waals surface area contributed by atoms with Gasteiger partial charge in [-0.15, -0.1) is 0 Å². The Morgan fingerprint density at radius 2 is 1.64 bits per heavy atom. The van der Waals surface area contributed by atoms with Crippen LogP contribution >= 0.6 is 0 Å². The van der Waals surface area contributed by atoms with Crippen molar-refractivity contribution < 1.29 is 9.84 Å². The van der Waals surface area contributed by atoms with Crippen molar-refractivity contribution in [1.29, 1.82) is 0 Å². The molecule has 0 aliphatic heterocycles. The van der Waals surface area contributed by atoms with Crippen LogP contribution in [0, 0.1) is 0 Å². The number of benzene rings is 2. The first-order valence-corrected chi connectivity index (χ1v) is 7.66. The van der Waals surface area contributed by atoms with E-state index >= 15 is 0 Å². The largest absolute Gasteiger partial charge is 0.388 e. The minimum absolute atomic E-state index is 0.288. The Bertz CT molecular complexity index is 690. The molecule has 0 aliphatic carbocycles. The van der Waals surface area contributed by atoms with Gasteiger partial charge >= 0.3 is 0 Å². The number of aliphatic hydroxyl groups is 1. The van der Waals surface area contributed by atoms with E-state index in [4.69, 9.17) is 4.74 Å². The predicted molar refractivity (Wildman–Crippen MR) is 93.9 cm³/mol. The molecule has 0 amide bonds. The van der Waals surface area contributed by atoms with E-state index in [1.54, 1.807) is 13.8 Å². The lowest BCUT2D eigenvalue weighted by Gasteiger charge is -2.31. The predicted octanol–water partition coefficient (Wildman–Crippen LogP) is 4.90. The highest BCUT2D eigenvalue weighted by Crippen LogP contribution is 2.34. The van der Waals surface area contributed by atoms with Crippen molar-refractivity contribution in [3.8, 4) is 0 Å². The van der Waals surface area contributed by atoms with Crippen LogP contribution in [0.4, 0.5) is 0 Å². The fraction of sp³-hybridized carbons (Fsp3) is 0.400. The molecule has 0 atom stereocenters. The van der Waals surface area contributed by atoms with E-state index in [2.05, 4.69) is 43.0 Å². The lowest BCUT2D eigenvalue weighted by Crippen LogP contribution is -2.33. The molecule has 118 valence electrons. The van der Waals surface area contributed by atoms with Crippen molar-refractivity contribution in [2.75, 3.05) is 6.61 Å². The van der Waals surface area contributed by atoms with Gasteiger partial charge in [0.25, 0.3) is 0 Å². The minimum atomic E-state index is -0.843. The van der Waals surface area contributed by atoms with Crippen LogP contribution in [-0.2, 0) is 10.3 Å². The van der Waals surface area contributed by atoms with Crippen molar-refractivity contribution in [1.82, 2.24) is 0 Å². The molecule has 0 unspecified atom stereocenters. The van der Waals surface area contributed by atoms with Gasteiger partial charge in [0.15, 0.2) is 0 Å². The molecule has 1 N–H and O–H groups in total.